The van der Waals surface area contributed by atoms with Crippen molar-refractivity contribution < 1.29 is 4.79 Å². The van der Waals surface area contributed by atoms with Crippen molar-refractivity contribution in [3.05, 3.63) is 45.2 Å². The second kappa shape index (κ2) is 7.77. The smallest absolute Gasteiger partial charge is 0.274 e. The van der Waals surface area contributed by atoms with Gasteiger partial charge in [-0.1, -0.05) is 23.2 Å². The summed E-state index contributed by atoms with van der Waals surface area (Å²) in [6, 6.07) is 5.54. The summed E-state index contributed by atoms with van der Waals surface area (Å²) in [4.78, 5) is 14.9. The third-order valence-electron chi connectivity index (χ3n) is 5.10. The van der Waals surface area contributed by atoms with Crippen molar-refractivity contribution in [2.75, 3.05) is 13.1 Å². The van der Waals surface area contributed by atoms with E-state index in [1.807, 2.05) is 15.6 Å². The molecule has 8 heteroatoms. The van der Waals surface area contributed by atoms with Crippen LogP contribution >= 0.6 is 35.6 Å². The minimum absolute atomic E-state index is 0. The molecule has 1 aliphatic heterocycles. The lowest BCUT2D eigenvalue weighted by Crippen LogP contribution is -2.43. The molecule has 140 valence electrons. The van der Waals surface area contributed by atoms with Crippen molar-refractivity contribution in [1.82, 2.24) is 14.7 Å². The number of rotatable bonds is 2. The van der Waals surface area contributed by atoms with Crippen LogP contribution in [0.4, 0.5) is 0 Å². The molecule has 0 atom stereocenters. The van der Waals surface area contributed by atoms with Crippen molar-refractivity contribution >= 4 is 41.5 Å². The maximum Gasteiger partial charge on any atom is 0.274 e. The number of likely N-dealkylation sites (tertiary alicyclic amines) is 1. The molecule has 2 N–H and O–H groups in total. The first-order valence-electron chi connectivity index (χ1n) is 8.65. The molecule has 2 heterocycles. The van der Waals surface area contributed by atoms with Crippen molar-refractivity contribution in [2.24, 2.45) is 5.73 Å². The molecule has 5 nitrogen and oxygen atoms in total. The Morgan fingerprint density at radius 3 is 2.62 bits per heavy atom. The van der Waals surface area contributed by atoms with Crippen LogP contribution < -0.4 is 5.73 Å². The maximum atomic E-state index is 13.0. The average molecular weight is 416 g/mol. The van der Waals surface area contributed by atoms with E-state index < -0.39 is 0 Å². The standard InChI is InChI=1S/C18H20Cl2N4O.ClH/c19-11-4-5-16(14(20)10-11)24-15-3-1-2-13(15)17(22-24)18(25)23-8-6-12(21)7-9-23;/h4-5,10,12H,1-3,6-9,21H2;1H. The number of halogens is 3. The van der Waals surface area contributed by atoms with Crippen LogP contribution in [-0.4, -0.2) is 39.7 Å². The van der Waals surface area contributed by atoms with Crippen molar-refractivity contribution in [3.8, 4) is 5.69 Å². The topological polar surface area (TPSA) is 64.2 Å². The van der Waals surface area contributed by atoms with Gasteiger partial charge in [-0.15, -0.1) is 12.4 Å². The summed E-state index contributed by atoms with van der Waals surface area (Å²) in [6.45, 7) is 1.40. The first kappa shape index (κ1) is 19.5. The number of carbonyl (C=O) groups is 1. The van der Waals surface area contributed by atoms with E-state index in [0.29, 0.717) is 28.8 Å². The molecule has 0 spiro atoms. The fourth-order valence-electron chi connectivity index (χ4n) is 3.71. The van der Waals surface area contributed by atoms with Gasteiger partial charge < -0.3 is 10.6 Å². The van der Waals surface area contributed by atoms with E-state index >= 15 is 0 Å². The minimum atomic E-state index is 0. The second-order valence-corrected chi connectivity index (χ2v) is 7.61. The van der Waals surface area contributed by atoms with Crippen LogP contribution in [-0.2, 0) is 12.8 Å². The molecule has 4 rings (SSSR count). The van der Waals surface area contributed by atoms with Crippen LogP contribution in [0.3, 0.4) is 0 Å². The van der Waals surface area contributed by atoms with Gasteiger partial charge in [0.1, 0.15) is 0 Å². The van der Waals surface area contributed by atoms with Crippen LogP contribution in [0, 0.1) is 0 Å². The second-order valence-electron chi connectivity index (χ2n) is 6.76. The Bertz CT molecular complexity index is 828. The molecule has 1 saturated heterocycles. The quantitative estimate of drug-likeness (QED) is 0.814. The Morgan fingerprint density at radius 1 is 1.19 bits per heavy atom. The van der Waals surface area contributed by atoms with Crippen LogP contribution in [0.2, 0.25) is 10.0 Å². The fraction of sp³-hybridized carbons (Fsp3) is 0.444. The van der Waals surface area contributed by atoms with Gasteiger partial charge in [-0.2, -0.15) is 5.10 Å². The minimum Gasteiger partial charge on any atom is -0.337 e. The number of carbonyl (C=O) groups excluding carboxylic acids is 1. The van der Waals surface area contributed by atoms with Gasteiger partial charge in [-0.3, -0.25) is 4.79 Å². The predicted molar refractivity (Wildman–Crippen MR) is 106 cm³/mol. The van der Waals surface area contributed by atoms with Crippen LogP contribution in [0.15, 0.2) is 18.2 Å². The summed E-state index contributed by atoms with van der Waals surface area (Å²) in [5, 5.41) is 5.77. The van der Waals surface area contributed by atoms with E-state index in [1.54, 1.807) is 12.1 Å². The Morgan fingerprint density at radius 2 is 1.92 bits per heavy atom. The molecular formula is C18H21Cl3N4O. The molecule has 0 radical (unpaired) electrons. The summed E-state index contributed by atoms with van der Waals surface area (Å²) in [6.07, 6.45) is 4.51. The highest BCUT2D eigenvalue weighted by molar-refractivity contribution is 6.35. The number of nitrogens with two attached hydrogens (primary N) is 1. The van der Waals surface area contributed by atoms with E-state index in [4.69, 9.17) is 28.9 Å². The molecule has 0 unspecified atom stereocenters. The van der Waals surface area contributed by atoms with Gasteiger partial charge in [-0.25, -0.2) is 4.68 Å². The summed E-state index contributed by atoms with van der Waals surface area (Å²) in [5.41, 5.74) is 9.43. The lowest BCUT2D eigenvalue weighted by atomic mass is 10.1. The van der Waals surface area contributed by atoms with Gasteiger partial charge in [0.2, 0.25) is 0 Å². The Hall–Kier alpha value is -1.27. The number of fused-ring (bicyclic) bond motifs is 1. The van der Waals surface area contributed by atoms with Crippen molar-refractivity contribution in [3.63, 3.8) is 0 Å². The first-order valence-corrected chi connectivity index (χ1v) is 9.41. The predicted octanol–water partition coefficient (Wildman–Crippen LogP) is 3.65. The number of hydrogen-bond acceptors (Lipinski definition) is 3. The van der Waals surface area contributed by atoms with E-state index in [2.05, 4.69) is 5.10 Å². The molecular weight excluding hydrogens is 395 g/mol. The number of benzene rings is 1. The lowest BCUT2D eigenvalue weighted by molar-refractivity contribution is 0.0707. The van der Waals surface area contributed by atoms with Gasteiger partial charge in [0.25, 0.3) is 5.91 Å². The van der Waals surface area contributed by atoms with E-state index in [1.165, 1.54) is 0 Å². The summed E-state index contributed by atoms with van der Waals surface area (Å²) in [7, 11) is 0. The van der Waals surface area contributed by atoms with E-state index in [9.17, 15) is 4.79 Å². The molecule has 1 aromatic heterocycles. The van der Waals surface area contributed by atoms with E-state index in [0.717, 1.165) is 49.0 Å². The zero-order chi connectivity index (χ0) is 17.6. The largest absolute Gasteiger partial charge is 0.337 e. The molecule has 2 aliphatic rings. The monoisotopic (exact) mass is 414 g/mol. The number of hydrogen-bond donors (Lipinski definition) is 1. The lowest BCUT2D eigenvalue weighted by Gasteiger charge is -2.29. The fourth-order valence-corrected chi connectivity index (χ4v) is 4.20. The Kier molecular flexibility index (Phi) is 5.82. The molecule has 1 amide bonds. The Balaban J connectivity index is 0.00000196. The molecule has 26 heavy (non-hydrogen) atoms. The zero-order valence-electron chi connectivity index (χ0n) is 14.3. The summed E-state index contributed by atoms with van der Waals surface area (Å²) in [5.74, 6) is 0.00823. The highest BCUT2D eigenvalue weighted by Crippen LogP contribution is 2.32. The third kappa shape index (κ3) is 3.46. The van der Waals surface area contributed by atoms with Crippen molar-refractivity contribution in [1.29, 1.82) is 0 Å². The average Bonchev–Trinajstić information content (AvgIpc) is 3.18. The molecule has 2 aromatic rings. The van der Waals surface area contributed by atoms with Gasteiger partial charge in [0.05, 0.1) is 10.7 Å². The molecule has 0 saturated carbocycles. The van der Waals surface area contributed by atoms with Crippen LogP contribution in [0.5, 0.6) is 0 Å². The number of piperidine rings is 1. The van der Waals surface area contributed by atoms with Gasteiger partial charge in [-0.05, 0) is 50.3 Å². The first-order chi connectivity index (χ1) is 12.0. The number of nitrogens with zero attached hydrogens (tertiary/aromatic N) is 3. The molecule has 1 fully saturated rings. The summed E-state index contributed by atoms with van der Waals surface area (Å²) < 4.78 is 1.82. The van der Waals surface area contributed by atoms with Gasteiger partial charge in [0.15, 0.2) is 5.69 Å². The number of amides is 1. The van der Waals surface area contributed by atoms with Crippen molar-refractivity contribution in [2.45, 2.75) is 38.1 Å². The van der Waals surface area contributed by atoms with Gasteiger partial charge in [0, 0.05) is 35.4 Å². The highest BCUT2D eigenvalue weighted by Gasteiger charge is 2.31. The van der Waals surface area contributed by atoms with Crippen LogP contribution in [0.1, 0.15) is 41.0 Å². The summed E-state index contributed by atoms with van der Waals surface area (Å²) >= 11 is 12.4. The highest BCUT2D eigenvalue weighted by atomic mass is 35.5. The molecule has 1 aromatic carbocycles. The SMILES string of the molecule is Cl.NC1CCN(C(=O)c2nn(-c3ccc(Cl)cc3Cl)c3c2CCC3)CC1. The molecule has 0 bridgehead atoms. The van der Waals surface area contributed by atoms with Crippen LogP contribution in [0.25, 0.3) is 5.69 Å². The maximum absolute atomic E-state index is 13.0. The zero-order valence-corrected chi connectivity index (χ0v) is 16.6. The third-order valence-corrected chi connectivity index (χ3v) is 5.64. The molecule has 1 aliphatic carbocycles. The van der Waals surface area contributed by atoms with Gasteiger partial charge >= 0.3 is 0 Å². The number of aromatic nitrogens is 2. The normalized spacial score (nSPS) is 17.1. The Labute approximate surface area is 168 Å². The van der Waals surface area contributed by atoms with E-state index in [-0.39, 0.29) is 24.4 Å².